The van der Waals surface area contributed by atoms with E-state index >= 15 is 0 Å². The van der Waals surface area contributed by atoms with E-state index in [2.05, 4.69) is 5.32 Å². The SMILES string of the molecule is CN(O)C(c1c(F)ccc(Cl)c1Cl)C12CCC(C(F)(F)F)(CC1)C2.CNCCCCCN.[U]. The second-order valence-corrected chi connectivity index (χ2v) is 9.79. The molecular formula is C22H33Cl2F4N3OU. The number of hydrogen-bond donors (Lipinski definition) is 3. The van der Waals surface area contributed by atoms with Gasteiger partial charge in [0.1, 0.15) is 5.82 Å². The van der Waals surface area contributed by atoms with Gasteiger partial charge in [0.2, 0.25) is 0 Å². The monoisotopic (exact) mass is 739 g/mol. The van der Waals surface area contributed by atoms with Crippen LogP contribution in [0.3, 0.4) is 0 Å². The zero-order valence-electron chi connectivity index (χ0n) is 19.0. The van der Waals surface area contributed by atoms with Crippen LogP contribution in [0.25, 0.3) is 0 Å². The molecule has 2 aliphatic rings. The van der Waals surface area contributed by atoms with Crippen LogP contribution in [-0.2, 0) is 0 Å². The average Bonchev–Trinajstić information content (AvgIpc) is 3.30. The van der Waals surface area contributed by atoms with Crippen molar-refractivity contribution >= 4 is 23.2 Å². The Hall–Kier alpha value is 0.412. The van der Waals surface area contributed by atoms with Crippen molar-refractivity contribution < 1.29 is 53.9 Å². The van der Waals surface area contributed by atoms with Gasteiger partial charge in [0.05, 0.1) is 21.5 Å². The maximum atomic E-state index is 14.4. The number of nitrogens with one attached hydrogen (secondary N) is 1. The van der Waals surface area contributed by atoms with Gasteiger partial charge in [-0.25, -0.2) is 4.39 Å². The van der Waals surface area contributed by atoms with Gasteiger partial charge in [-0.1, -0.05) is 29.6 Å². The van der Waals surface area contributed by atoms with Crippen molar-refractivity contribution in [3.05, 3.63) is 33.6 Å². The Balaban J connectivity index is 0.000000523. The smallest absolute Gasteiger partial charge is 0.330 e. The molecule has 0 heterocycles. The van der Waals surface area contributed by atoms with E-state index in [9.17, 15) is 22.8 Å². The van der Waals surface area contributed by atoms with Crippen molar-refractivity contribution in [3.8, 4) is 0 Å². The average molecular weight is 740 g/mol. The van der Waals surface area contributed by atoms with Gasteiger partial charge in [0.15, 0.2) is 0 Å². The summed E-state index contributed by atoms with van der Waals surface area (Å²) in [6, 6.07) is 1.44. The van der Waals surface area contributed by atoms with Gasteiger partial charge in [-0.05, 0) is 82.6 Å². The Bertz CT molecular complexity index is 754. The summed E-state index contributed by atoms with van der Waals surface area (Å²) < 4.78 is 55.0. The van der Waals surface area contributed by atoms with Crippen molar-refractivity contribution in [1.29, 1.82) is 0 Å². The largest absolute Gasteiger partial charge is 0.394 e. The fraction of sp³-hybridized carbons (Fsp3) is 0.727. The van der Waals surface area contributed by atoms with Gasteiger partial charge >= 0.3 is 6.18 Å². The fourth-order valence-corrected chi connectivity index (χ4v) is 5.73. The molecule has 0 aromatic heterocycles. The Morgan fingerprint density at radius 2 is 1.76 bits per heavy atom. The first-order chi connectivity index (χ1) is 14.9. The Kier molecular flexibility index (Phi) is 12.5. The van der Waals surface area contributed by atoms with Crippen LogP contribution in [0.1, 0.15) is 63.0 Å². The zero-order valence-corrected chi connectivity index (χ0v) is 24.7. The van der Waals surface area contributed by atoms with E-state index in [4.69, 9.17) is 28.9 Å². The van der Waals surface area contributed by atoms with Crippen LogP contribution in [0, 0.1) is 47.8 Å². The third-order valence-electron chi connectivity index (χ3n) is 6.93. The first-order valence-electron chi connectivity index (χ1n) is 10.9. The number of unbranched alkanes of at least 4 members (excludes halogenated alkanes) is 2. The number of nitrogens with two attached hydrogens (primary N) is 1. The van der Waals surface area contributed by atoms with E-state index in [-0.39, 0.29) is 78.8 Å². The van der Waals surface area contributed by atoms with Crippen LogP contribution in [0.5, 0.6) is 0 Å². The summed E-state index contributed by atoms with van der Waals surface area (Å²) in [5.74, 6) is -0.680. The quantitative estimate of drug-likeness (QED) is 0.126. The molecule has 0 saturated heterocycles. The number of hydrogen-bond acceptors (Lipinski definition) is 4. The topological polar surface area (TPSA) is 61.5 Å². The number of nitrogens with zero attached hydrogens (tertiary/aromatic N) is 1. The third-order valence-corrected chi connectivity index (χ3v) is 7.75. The van der Waals surface area contributed by atoms with Crippen LogP contribution in [0.4, 0.5) is 17.6 Å². The molecule has 1 aromatic carbocycles. The van der Waals surface area contributed by atoms with Gasteiger partial charge in [-0.15, -0.1) is 0 Å². The van der Waals surface area contributed by atoms with Crippen molar-refractivity contribution in [3.63, 3.8) is 0 Å². The van der Waals surface area contributed by atoms with Gasteiger partial charge in [-0.3, -0.25) is 0 Å². The molecule has 33 heavy (non-hydrogen) atoms. The molecule has 0 aliphatic heterocycles. The summed E-state index contributed by atoms with van der Waals surface area (Å²) in [6.07, 6.45) is -0.273. The molecule has 2 saturated carbocycles. The number of rotatable bonds is 8. The molecule has 11 heteroatoms. The van der Waals surface area contributed by atoms with Crippen molar-refractivity contribution in [2.45, 2.75) is 63.6 Å². The second-order valence-electron chi connectivity index (χ2n) is 9.00. The third kappa shape index (κ3) is 7.01. The first kappa shape index (κ1) is 31.4. The van der Waals surface area contributed by atoms with Gasteiger partial charge in [0, 0.05) is 43.7 Å². The van der Waals surface area contributed by atoms with E-state index in [1.807, 2.05) is 7.05 Å². The van der Waals surface area contributed by atoms with Crippen LogP contribution < -0.4 is 11.1 Å². The number of benzene rings is 1. The molecule has 3 rings (SSSR count). The molecule has 1 atom stereocenters. The predicted octanol–water partition coefficient (Wildman–Crippen LogP) is 6.34. The molecule has 188 valence electrons. The summed E-state index contributed by atoms with van der Waals surface area (Å²) in [4.78, 5) is 0. The Morgan fingerprint density at radius 3 is 2.21 bits per heavy atom. The molecule has 4 N–H and O–H groups in total. The van der Waals surface area contributed by atoms with E-state index in [0.717, 1.165) is 24.2 Å². The van der Waals surface area contributed by atoms with E-state index in [0.29, 0.717) is 0 Å². The van der Waals surface area contributed by atoms with Crippen LogP contribution in [0.15, 0.2) is 12.1 Å². The minimum Gasteiger partial charge on any atom is -0.330 e. The van der Waals surface area contributed by atoms with Gasteiger partial charge in [0.25, 0.3) is 0 Å². The standard InChI is InChI=1S/C16H17Cl2F4NO.C6H16N2.U/c1-23(24)13(11-10(19)3-2-9(17)12(11)18)14-4-6-15(8-14,7-5-14)16(20,21)22;1-8-6-4-2-3-5-7;/h2-3,13,24H,4-8H2,1H3;8H,2-7H2,1H3;. The van der Waals surface area contributed by atoms with Crippen molar-refractivity contribution in [2.24, 2.45) is 16.6 Å². The molecule has 0 amide bonds. The maximum Gasteiger partial charge on any atom is 0.394 e. The molecule has 2 bridgehead atoms. The summed E-state index contributed by atoms with van der Waals surface area (Å²) in [5, 5.41) is 14.1. The maximum absolute atomic E-state index is 14.4. The summed E-state index contributed by atoms with van der Waals surface area (Å²) in [5.41, 5.74) is 2.63. The summed E-state index contributed by atoms with van der Waals surface area (Å²) >= 11 is 12.1. The van der Waals surface area contributed by atoms with E-state index in [1.54, 1.807) is 0 Å². The van der Waals surface area contributed by atoms with Crippen LogP contribution >= 0.6 is 23.2 Å². The molecule has 0 spiro atoms. The van der Waals surface area contributed by atoms with E-state index in [1.165, 1.54) is 32.4 Å². The number of halogens is 6. The van der Waals surface area contributed by atoms with Gasteiger partial charge in [-0.2, -0.15) is 18.2 Å². The summed E-state index contributed by atoms with van der Waals surface area (Å²) in [7, 11) is 3.28. The number of fused-ring (bicyclic) bond motifs is 2. The minimum absolute atomic E-state index is 0. The van der Waals surface area contributed by atoms with E-state index < -0.39 is 28.9 Å². The van der Waals surface area contributed by atoms with Crippen molar-refractivity contribution in [1.82, 2.24) is 10.4 Å². The first-order valence-corrected chi connectivity index (χ1v) is 11.7. The molecule has 0 radical (unpaired) electrons. The molecule has 1 aromatic rings. The van der Waals surface area contributed by atoms with Gasteiger partial charge < -0.3 is 16.3 Å². The molecular weight excluding hydrogens is 707 g/mol. The predicted molar refractivity (Wildman–Crippen MR) is 120 cm³/mol. The number of alkyl halides is 3. The Labute approximate surface area is 227 Å². The fourth-order valence-electron chi connectivity index (χ4n) is 5.31. The normalized spacial score (nSPS) is 24.9. The molecule has 1 unspecified atom stereocenters. The minimum atomic E-state index is -4.31. The number of hydroxylamine groups is 2. The Morgan fingerprint density at radius 1 is 1.15 bits per heavy atom. The molecule has 4 nitrogen and oxygen atoms in total. The second kappa shape index (κ2) is 13.1. The van der Waals surface area contributed by atoms with Crippen LogP contribution in [0.2, 0.25) is 10.0 Å². The summed E-state index contributed by atoms with van der Waals surface area (Å²) in [6.45, 7) is 1.96. The van der Waals surface area contributed by atoms with Crippen molar-refractivity contribution in [2.75, 3.05) is 27.2 Å². The molecule has 2 aliphatic carbocycles. The molecule has 2 fully saturated rings. The van der Waals surface area contributed by atoms with Crippen LogP contribution in [-0.4, -0.2) is 43.6 Å². The zero-order chi connectivity index (χ0) is 24.2.